The van der Waals surface area contributed by atoms with Crippen molar-refractivity contribution >= 4 is 40.4 Å². The van der Waals surface area contributed by atoms with E-state index in [1.54, 1.807) is 29.2 Å². The molecule has 1 saturated heterocycles. The van der Waals surface area contributed by atoms with Crippen molar-refractivity contribution in [2.75, 3.05) is 25.0 Å². The van der Waals surface area contributed by atoms with Crippen LogP contribution in [0.4, 0.5) is 10.1 Å². The van der Waals surface area contributed by atoms with Crippen LogP contribution in [0.3, 0.4) is 0 Å². The van der Waals surface area contributed by atoms with Crippen molar-refractivity contribution in [3.63, 3.8) is 0 Å². The molecule has 2 amide bonds. The van der Waals surface area contributed by atoms with Gasteiger partial charge in [0.2, 0.25) is 5.01 Å². The standard InChI is InChI=1S/C22H20ClFN4O3S/c23-15-3-7-17(8-4-15)25-20(30)22-27-26-21(32-22)14-2-1-11-28(12-14)19(29)13-31-18-9-5-16(24)6-10-18/h3-10,14H,1-2,11-13H2,(H,25,30). The number of anilines is 1. The first-order valence-electron chi connectivity index (χ1n) is 10.0. The molecule has 0 radical (unpaired) electrons. The molecule has 3 aromatic rings. The molecule has 1 fully saturated rings. The van der Waals surface area contributed by atoms with Crippen molar-refractivity contribution < 1.29 is 18.7 Å². The van der Waals surface area contributed by atoms with E-state index in [1.165, 1.54) is 35.6 Å². The maximum absolute atomic E-state index is 13.0. The van der Waals surface area contributed by atoms with Gasteiger partial charge in [-0.05, 0) is 61.4 Å². The van der Waals surface area contributed by atoms with E-state index in [2.05, 4.69) is 15.5 Å². The lowest BCUT2D eigenvalue weighted by atomic mass is 9.99. The molecule has 1 aliphatic rings. The van der Waals surface area contributed by atoms with Crippen LogP contribution in [-0.4, -0.2) is 46.6 Å². The number of hydrogen-bond acceptors (Lipinski definition) is 6. The number of rotatable bonds is 6. The van der Waals surface area contributed by atoms with E-state index in [-0.39, 0.29) is 35.2 Å². The van der Waals surface area contributed by atoms with Gasteiger partial charge < -0.3 is 15.0 Å². The summed E-state index contributed by atoms with van der Waals surface area (Å²) in [6, 6.07) is 12.3. The highest BCUT2D eigenvalue weighted by Crippen LogP contribution is 2.29. The van der Waals surface area contributed by atoms with E-state index in [4.69, 9.17) is 16.3 Å². The summed E-state index contributed by atoms with van der Waals surface area (Å²) in [5, 5.41) is 12.6. The Balaban J connectivity index is 1.33. The van der Waals surface area contributed by atoms with Crippen molar-refractivity contribution in [3.8, 4) is 5.75 Å². The monoisotopic (exact) mass is 474 g/mol. The number of aromatic nitrogens is 2. The van der Waals surface area contributed by atoms with E-state index in [1.807, 2.05) is 0 Å². The minimum atomic E-state index is -0.360. The van der Waals surface area contributed by atoms with Gasteiger partial charge in [-0.25, -0.2) is 4.39 Å². The molecule has 0 saturated carbocycles. The molecule has 0 bridgehead atoms. The largest absolute Gasteiger partial charge is 0.484 e. The number of carbonyl (C=O) groups excluding carboxylic acids is 2. The van der Waals surface area contributed by atoms with Gasteiger partial charge in [-0.2, -0.15) is 0 Å². The summed E-state index contributed by atoms with van der Waals surface area (Å²) in [5.41, 5.74) is 0.617. The third kappa shape index (κ3) is 5.60. The number of nitrogens with one attached hydrogen (secondary N) is 1. The van der Waals surface area contributed by atoms with Crippen LogP contribution < -0.4 is 10.1 Å². The third-order valence-electron chi connectivity index (χ3n) is 5.04. The third-order valence-corrected chi connectivity index (χ3v) is 6.37. The Bertz CT molecular complexity index is 1090. The zero-order chi connectivity index (χ0) is 22.5. The number of carbonyl (C=O) groups is 2. The molecule has 1 atom stereocenters. The molecule has 1 aromatic heterocycles. The van der Waals surface area contributed by atoms with Crippen LogP contribution in [0.25, 0.3) is 0 Å². The first kappa shape index (κ1) is 22.2. The molecule has 7 nitrogen and oxygen atoms in total. The highest BCUT2D eigenvalue weighted by molar-refractivity contribution is 7.13. The van der Waals surface area contributed by atoms with Crippen molar-refractivity contribution in [3.05, 3.63) is 69.4 Å². The number of likely N-dealkylation sites (tertiary alicyclic amines) is 1. The lowest BCUT2D eigenvalue weighted by Crippen LogP contribution is -2.41. The van der Waals surface area contributed by atoms with Crippen LogP contribution >= 0.6 is 22.9 Å². The van der Waals surface area contributed by atoms with E-state index >= 15 is 0 Å². The number of halogens is 2. The summed E-state index contributed by atoms with van der Waals surface area (Å²) in [5.74, 6) is -0.403. The average Bonchev–Trinajstić information content (AvgIpc) is 3.31. The quantitative estimate of drug-likeness (QED) is 0.573. The van der Waals surface area contributed by atoms with Gasteiger partial charge in [0.05, 0.1) is 0 Å². The number of nitrogens with zero attached hydrogens (tertiary/aromatic N) is 3. The SMILES string of the molecule is O=C(Nc1ccc(Cl)cc1)c1nnc(C2CCCN(C(=O)COc3ccc(F)cc3)C2)s1. The van der Waals surface area contributed by atoms with Crippen LogP contribution in [0.15, 0.2) is 48.5 Å². The summed E-state index contributed by atoms with van der Waals surface area (Å²) < 4.78 is 18.5. The number of piperidine rings is 1. The molecule has 166 valence electrons. The van der Waals surface area contributed by atoms with Gasteiger partial charge in [0.15, 0.2) is 6.61 Å². The molecule has 0 spiro atoms. The minimum Gasteiger partial charge on any atom is -0.484 e. The normalized spacial score (nSPS) is 15.9. The Morgan fingerprint density at radius 2 is 1.91 bits per heavy atom. The highest BCUT2D eigenvalue weighted by atomic mass is 35.5. The fourth-order valence-corrected chi connectivity index (χ4v) is 4.37. The van der Waals surface area contributed by atoms with Crippen LogP contribution in [0.1, 0.15) is 33.6 Å². The zero-order valence-corrected chi connectivity index (χ0v) is 18.5. The maximum atomic E-state index is 13.0. The lowest BCUT2D eigenvalue weighted by molar-refractivity contribution is -0.134. The lowest BCUT2D eigenvalue weighted by Gasteiger charge is -2.31. The van der Waals surface area contributed by atoms with E-state index in [9.17, 15) is 14.0 Å². The minimum absolute atomic E-state index is 0.00750. The first-order valence-corrected chi connectivity index (χ1v) is 11.2. The predicted molar refractivity (Wildman–Crippen MR) is 120 cm³/mol. The molecule has 32 heavy (non-hydrogen) atoms. The van der Waals surface area contributed by atoms with Gasteiger partial charge in [-0.15, -0.1) is 10.2 Å². The molecule has 10 heteroatoms. The maximum Gasteiger partial charge on any atom is 0.286 e. The van der Waals surface area contributed by atoms with Crippen molar-refractivity contribution in [2.45, 2.75) is 18.8 Å². The topological polar surface area (TPSA) is 84.4 Å². The Kier molecular flexibility index (Phi) is 6.96. The number of ether oxygens (including phenoxy) is 1. The number of hydrogen-bond donors (Lipinski definition) is 1. The number of amides is 2. The molecular formula is C22H20ClFN4O3S. The Labute approximate surface area is 193 Å². The molecule has 1 unspecified atom stereocenters. The van der Waals surface area contributed by atoms with Gasteiger partial charge in [-0.3, -0.25) is 9.59 Å². The van der Waals surface area contributed by atoms with E-state index in [0.717, 1.165) is 17.8 Å². The molecular weight excluding hydrogens is 455 g/mol. The van der Waals surface area contributed by atoms with E-state index < -0.39 is 0 Å². The molecule has 1 aliphatic heterocycles. The second-order valence-corrected chi connectivity index (χ2v) is 8.77. The summed E-state index contributed by atoms with van der Waals surface area (Å²) in [7, 11) is 0. The average molecular weight is 475 g/mol. The number of benzene rings is 2. The van der Waals surface area contributed by atoms with Gasteiger partial charge in [0.25, 0.3) is 11.8 Å². The zero-order valence-electron chi connectivity index (χ0n) is 17.0. The van der Waals surface area contributed by atoms with Gasteiger partial charge in [0.1, 0.15) is 16.6 Å². The summed E-state index contributed by atoms with van der Waals surface area (Å²) >= 11 is 7.09. The second kappa shape index (κ2) is 10.1. The predicted octanol–water partition coefficient (Wildman–Crippen LogP) is 4.37. The smallest absolute Gasteiger partial charge is 0.286 e. The van der Waals surface area contributed by atoms with Crippen LogP contribution in [0.2, 0.25) is 5.02 Å². The van der Waals surface area contributed by atoms with Crippen LogP contribution in [-0.2, 0) is 4.79 Å². The van der Waals surface area contributed by atoms with Crippen LogP contribution in [0.5, 0.6) is 5.75 Å². The molecule has 4 rings (SSSR count). The van der Waals surface area contributed by atoms with Gasteiger partial charge >= 0.3 is 0 Å². The van der Waals surface area contributed by atoms with Crippen molar-refractivity contribution in [1.29, 1.82) is 0 Å². The molecule has 2 heterocycles. The van der Waals surface area contributed by atoms with Crippen molar-refractivity contribution in [1.82, 2.24) is 15.1 Å². The Hall–Kier alpha value is -3.04. The fraction of sp³-hybridized carbons (Fsp3) is 0.273. The Morgan fingerprint density at radius 1 is 1.16 bits per heavy atom. The first-order chi connectivity index (χ1) is 15.5. The van der Waals surface area contributed by atoms with Gasteiger partial charge in [-0.1, -0.05) is 22.9 Å². The molecule has 2 aromatic carbocycles. The van der Waals surface area contributed by atoms with Gasteiger partial charge in [0, 0.05) is 29.7 Å². The van der Waals surface area contributed by atoms with E-state index in [0.29, 0.717) is 29.5 Å². The molecule has 0 aliphatic carbocycles. The Morgan fingerprint density at radius 3 is 2.66 bits per heavy atom. The van der Waals surface area contributed by atoms with Crippen molar-refractivity contribution in [2.24, 2.45) is 0 Å². The second-order valence-electron chi connectivity index (χ2n) is 7.33. The van der Waals surface area contributed by atoms with Crippen LogP contribution in [0, 0.1) is 5.82 Å². The summed E-state index contributed by atoms with van der Waals surface area (Å²) in [6.45, 7) is 0.993. The summed E-state index contributed by atoms with van der Waals surface area (Å²) in [6.07, 6.45) is 1.68. The molecule has 1 N–H and O–H groups in total. The summed E-state index contributed by atoms with van der Waals surface area (Å²) in [4.78, 5) is 26.8. The fourth-order valence-electron chi connectivity index (χ4n) is 3.38. The highest BCUT2D eigenvalue weighted by Gasteiger charge is 2.28.